The van der Waals surface area contributed by atoms with E-state index < -0.39 is 5.79 Å². The maximum absolute atomic E-state index is 6.07. The second-order valence-corrected chi connectivity index (χ2v) is 5.81. The van der Waals surface area contributed by atoms with E-state index in [4.69, 9.17) is 18.9 Å². The van der Waals surface area contributed by atoms with Gasteiger partial charge in [-0.1, -0.05) is 37.3 Å². The first kappa shape index (κ1) is 14.0. The van der Waals surface area contributed by atoms with Crippen LogP contribution in [0.2, 0.25) is 0 Å². The van der Waals surface area contributed by atoms with Gasteiger partial charge in [-0.05, 0) is 25.8 Å². The normalized spacial score (nSPS) is 35.1. The molecular weight excluding hydrogens is 256 g/mol. The Balaban J connectivity index is 1.67. The van der Waals surface area contributed by atoms with E-state index in [1.54, 1.807) is 0 Å². The molecule has 0 amide bonds. The van der Waals surface area contributed by atoms with Gasteiger partial charge in [-0.3, -0.25) is 0 Å². The Labute approximate surface area is 120 Å². The zero-order chi connectivity index (χ0) is 14.2. The van der Waals surface area contributed by atoms with Gasteiger partial charge in [-0.15, -0.1) is 0 Å². The van der Waals surface area contributed by atoms with E-state index >= 15 is 0 Å². The molecule has 0 bridgehead atoms. The minimum Gasteiger partial charge on any atom is -0.368 e. The Hall–Kier alpha value is -0.940. The van der Waals surface area contributed by atoms with Crippen molar-refractivity contribution in [2.45, 2.75) is 64.2 Å². The van der Waals surface area contributed by atoms with Crippen molar-refractivity contribution in [1.82, 2.24) is 0 Å². The highest BCUT2D eigenvalue weighted by Gasteiger charge is 2.54. The van der Waals surface area contributed by atoms with Gasteiger partial charge in [0.1, 0.15) is 12.2 Å². The lowest BCUT2D eigenvalue weighted by molar-refractivity contribution is -0.219. The van der Waals surface area contributed by atoms with Crippen LogP contribution in [0.4, 0.5) is 0 Å². The molecule has 2 saturated heterocycles. The van der Waals surface area contributed by atoms with Crippen molar-refractivity contribution >= 4 is 0 Å². The van der Waals surface area contributed by atoms with Crippen molar-refractivity contribution < 1.29 is 18.9 Å². The number of ether oxygens (including phenoxy) is 4. The van der Waals surface area contributed by atoms with Crippen molar-refractivity contribution in [3.05, 3.63) is 35.9 Å². The lowest BCUT2D eigenvalue weighted by Gasteiger charge is -2.25. The van der Waals surface area contributed by atoms with Gasteiger partial charge in [0.2, 0.25) is 0 Å². The summed E-state index contributed by atoms with van der Waals surface area (Å²) >= 11 is 0. The molecule has 0 unspecified atom stereocenters. The van der Waals surface area contributed by atoms with Crippen LogP contribution in [-0.2, 0) is 25.6 Å². The van der Waals surface area contributed by atoms with E-state index in [1.165, 1.54) is 0 Å². The van der Waals surface area contributed by atoms with Crippen molar-refractivity contribution in [2.24, 2.45) is 0 Å². The monoisotopic (exact) mass is 278 g/mol. The highest BCUT2D eigenvalue weighted by molar-refractivity contribution is 5.13. The average molecular weight is 278 g/mol. The third kappa shape index (κ3) is 2.74. The van der Waals surface area contributed by atoms with E-state index in [1.807, 2.05) is 32.0 Å². The number of hydrogen-bond donors (Lipinski definition) is 0. The Morgan fingerprint density at radius 3 is 2.60 bits per heavy atom. The van der Waals surface area contributed by atoms with Crippen LogP contribution in [0, 0.1) is 0 Å². The van der Waals surface area contributed by atoms with Crippen LogP contribution in [0.1, 0.15) is 32.8 Å². The Morgan fingerprint density at radius 2 is 1.90 bits per heavy atom. The van der Waals surface area contributed by atoms with E-state index in [0.717, 1.165) is 12.0 Å². The second kappa shape index (κ2) is 5.45. The SMILES string of the molecule is CC[C@H]1O[C@@H]2OC(C)(C)O[C@@H]2[C@H]1OCc1ccccc1. The molecule has 4 atom stereocenters. The van der Waals surface area contributed by atoms with E-state index in [-0.39, 0.29) is 24.6 Å². The fraction of sp³-hybridized carbons (Fsp3) is 0.625. The van der Waals surface area contributed by atoms with E-state index in [9.17, 15) is 0 Å². The Morgan fingerprint density at radius 1 is 1.15 bits per heavy atom. The minimum atomic E-state index is -0.595. The van der Waals surface area contributed by atoms with Crippen LogP contribution < -0.4 is 0 Å². The lowest BCUT2D eigenvalue weighted by atomic mass is 10.1. The van der Waals surface area contributed by atoms with Crippen molar-refractivity contribution in [1.29, 1.82) is 0 Å². The molecule has 0 saturated carbocycles. The quantitative estimate of drug-likeness (QED) is 0.848. The number of rotatable bonds is 4. The number of fused-ring (bicyclic) bond motifs is 1. The largest absolute Gasteiger partial charge is 0.368 e. The fourth-order valence-corrected chi connectivity index (χ4v) is 2.84. The highest BCUT2D eigenvalue weighted by atomic mass is 16.8. The topological polar surface area (TPSA) is 36.9 Å². The van der Waals surface area contributed by atoms with Crippen LogP contribution in [0.15, 0.2) is 30.3 Å². The molecule has 0 N–H and O–H groups in total. The first-order chi connectivity index (χ1) is 9.59. The summed E-state index contributed by atoms with van der Waals surface area (Å²) in [4.78, 5) is 0. The molecule has 2 aliphatic heterocycles. The molecule has 2 heterocycles. The molecule has 1 aromatic carbocycles. The lowest BCUT2D eigenvalue weighted by Crippen LogP contribution is -2.36. The summed E-state index contributed by atoms with van der Waals surface area (Å²) in [7, 11) is 0. The van der Waals surface area contributed by atoms with Gasteiger partial charge in [0.25, 0.3) is 0 Å². The molecule has 20 heavy (non-hydrogen) atoms. The summed E-state index contributed by atoms with van der Waals surface area (Å²) in [5.41, 5.74) is 1.16. The molecule has 4 nitrogen and oxygen atoms in total. The third-order valence-electron chi connectivity index (χ3n) is 3.77. The maximum Gasteiger partial charge on any atom is 0.190 e. The third-order valence-corrected chi connectivity index (χ3v) is 3.77. The van der Waals surface area contributed by atoms with E-state index in [0.29, 0.717) is 6.61 Å². The van der Waals surface area contributed by atoms with Crippen LogP contribution in [0.25, 0.3) is 0 Å². The van der Waals surface area contributed by atoms with Gasteiger partial charge in [0.15, 0.2) is 12.1 Å². The predicted molar refractivity (Wildman–Crippen MR) is 74.0 cm³/mol. The Bertz CT molecular complexity index is 445. The summed E-state index contributed by atoms with van der Waals surface area (Å²) in [5, 5.41) is 0. The van der Waals surface area contributed by atoms with E-state index in [2.05, 4.69) is 19.1 Å². The molecule has 2 fully saturated rings. The molecule has 1 aromatic rings. The first-order valence-corrected chi connectivity index (χ1v) is 7.26. The average Bonchev–Trinajstić information content (AvgIpc) is 2.89. The molecule has 0 aliphatic carbocycles. The first-order valence-electron chi connectivity index (χ1n) is 7.26. The standard InChI is InChI=1S/C16H22O4/c1-4-12-13(17-10-11-8-6-5-7-9-11)14-15(18-12)20-16(2,3)19-14/h5-9,12-15H,4,10H2,1-3H3/t12-,13+,14-,15-/m1/s1. The van der Waals surface area contributed by atoms with Gasteiger partial charge < -0.3 is 18.9 Å². The maximum atomic E-state index is 6.07. The van der Waals surface area contributed by atoms with Gasteiger partial charge >= 0.3 is 0 Å². The molecule has 0 spiro atoms. The predicted octanol–water partition coefficient (Wildman–Crippen LogP) is 2.86. The highest BCUT2D eigenvalue weighted by Crippen LogP contribution is 2.39. The molecule has 110 valence electrons. The summed E-state index contributed by atoms with van der Waals surface area (Å²) in [6.45, 7) is 6.47. The summed E-state index contributed by atoms with van der Waals surface area (Å²) in [6, 6.07) is 10.2. The molecule has 4 heteroatoms. The molecule has 0 aromatic heterocycles. The van der Waals surface area contributed by atoms with Crippen LogP contribution in [0.3, 0.4) is 0 Å². The summed E-state index contributed by atoms with van der Waals surface area (Å²) in [5.74, 6) is -0.595. The minimum absolute atomic E-state index is 0.0322. The smallest absolute Gasteiger partial charge is 0.190 e. The number of hydrogen-bond acceptors (Lipinski definition) is 4. The zero-order valence-corrected chi connectivity index (χ0v) is 12.2. The molecular formula is C16H22O4. The van der Waals surface area contributed by atoms with Crippen LogP contribution in [0.5, 0.6) is 0 Å². The van der Waals surface area contributed by atoms with Gasteiger partial charge in [-0.25, -0.2) is 0 Å². The van der Waals surface area contributed by atoms with Crippen molar-refractivity contribution in [3.8, 4) is 0 Å². The molecule has 2 aliphatic rings. The van der Waals surface area contributed by atoms with Gasteiger partial charge in [0.05, 0.1) is 12.7 Å². The van der Waals surface area contributed by atoms with Crippen molar-refractivity contribution in [3.63, 3.8) is 0 Å². The number of benzene rings is 1. The summed E-state index contributed by atoms with van der Waals surface area (Å²) < 4.78 is 23.7. The van der Waals surface area contributed by atoms with Gasteiger partial charge in [0, 0.05) is 0 Å². The fourth-order valence-electron chi connectivity index (χ4n) is 2.84. The summed E-state index contributed by atoms with van der Waals surface area (Å²) in [6.07, 6.45) is 0.394. The molecule has 3 rings (SSSR count). The molecule has 0 radical (unpaired) electrons. The van der Waals surface area contributed by atoms with Crippen molar-refractivity contribution in [2.75, 3.05) is 0 Å². The Kier molecular flexibility index (Phi) is 3.82. The van der Waals surface area contributed by atoms with Gasteiger partial charge in [-0.2, -0.15) is 0 Å². The second-order valence-electron chi connectivity index (χ2n) is 5.81. The zero-order valence-electron chi connectivity index (χ0n) is 12.2. The van der Waals surface area contributed by atoms with Crippen LogP contribution >= 0.6 is 0 Å². The van der Waals surface area contributed by atoms with Crippen LogP contribution in [-0.4, -0.2) is 30.4 Å².